The molecule has 8 heteroatoms. The van der Waals surface area contributed by atoms with Gasteiger partial charge in [0.25, 0.3) is 0 Å². The van der Waals surface area contributed by atoms with Crippen LogP contribution in [0.15, 0.2) is 24.3 Å². The summed E-state index contributed by atoms with van der Waals surface area (Å²) in [6, 6.07) is 6.42. The van der Waals surface area contributed by atoms with Crippen LogP contribution in [0, 0.1) is 5.92 Å². The number of alkyl halides is 3. The van der Waals surface area contributed by atoms with Gasteiger partial charge in [-0.25, -0.2) is 0 Å². The van der Waals surface area contributed by atoms with Gasteiger partial charge in [-0.3, -0.25) is 9.59 Å². The van der Waals surface area contributed by atoms with Gasteiger partial charge in [-0.15, -0.1) is 0 Å². The number of carbonyl (C=O) groups is 2. The van der Waals surface area contributed by atoms with Gasteiger partial charge in [0.05, 0.1) is 6.54 Å². The van der Waals surface area contributed by atoms with Crippen molar-refractivity contribution in [1.29, 1.82) is 0 Å². The molecule has 0 saturated heterocycles. The first kappa shape index (κ1) is 18.3. The lowest BCUT2D eigenvalue weighted by molar-refractivity contribution is -0.184. The van der Waals surface area contributed by atoms with Crippen molar-refractivity contribution in [3.63, 3.8) is 0 Å². The van der Waals surface area contributed by atoms with Crippen LogP contribution >= 0.6 is 0 Å². The second kappa shape index (κ2) is 7.65. The van der Waals surface area contributed by atoms with Crippen molar-refractivity contribution >= 4 is 17.5 Å². The van der Waals surface area contributed by atoms with E-state index in [1.54, 1.807) is 24.3 Å². The Balaban J connectivity index is 1.85. The Morgan fingerprint density at radius 1 is 1.29 bits per heavy atom. The quantitative estimate of drug-likeness (QED) is 0.797. The predicted molar refractivity (Wildman–Crippen MR) is 83.2 cm³/mol. The molecule has 24 heavy (non-hydrogen) atoms. The fraction of sp³-hybridized carbons (Fsp3) is 0.500. The molecule has 0 aromatic heterocycles. The summed E-state index contributed by atoms with van der Waals surface area (Å²) in [5, 5.41) is 5.74. The molecule has 2 rings (SSSR count). The van der Waals surface area contributed by atoms with Crippen molar-refractivity contribution in [2.75, 3.05) is 25.5 Å². The molecule has 0 aliphatic heterocycles. The highest BCUT2D eigenvalue weighted by molar-refractivity contribution is 5.92. The van der Waals surface area contributed by atoms with Gasteiger partial charge in [-0.05, 0) is 43.0 Å². The lowest BCUT2D eigenvalue weighted by Gasteiger charge is -2.19. The summed E-state index contributed by atoms with van der Waals surface area (Å²) in [4.78, 5) is 23.5. The lowest BCUT2D eigenvalue weighted by Crippen LogP contribution is -2.37. The van der Waals surface area contributed by atoms with E-state index in [0.717, 1.165) is 13.6 Å². The maximum absolute atomic E-state index is 12.4. The minimum absolute atomic E-state index is 0.188. The van der Waals surface area contributed by atoms with Gasteiger partial charge < -0.3 is 15.5 Å². The number of hydrogen-bond donors (Lipinski definition) is 2. The molecule has 1 saturated carbocycles. The smallest absolute Gasteiger partial charge is 0.334 e. The first-order chi connectivity index (χ1) is 11.3. The Kier molecular flexibility index (Phi) is 5.82. The number of nitrogens with zero attached hydrogens (tertiary/aromatic N) is 1. The summed E-state index contributed by atoms with van der Waals surface area (Å²) >= 11 is 0. The van der Waals surface area contributed by atoms with Crippen LogP contribution in [-0.2, 0) is 16.1 Å². The molecular formula is C16H20F3N3O2. The maximum atomic E-state index is 12.4. The van der Waals surface area contributed by atoms with Crippen LogP contribution in [0.25, 0.3) is 0 Å². The molecule has 1 aromatic rings. The molecule has 0 radical (unpaired) electrons. The molecule has 1 aliphatic carbocycles. The van der Waals surface area contributed by atoms with Gasteiger partial charge in [0.1, 0.15) is 0 Å². The van der Waals surface area contributed by atoms with E-state index in [1.165, 1.54) is 12.8 Å². The Morgan fingerprint density at radius 3 is 2.62 bits per heavy atom. The van der Waals surface area contributed by atoms with Crippen molar-refractivity contribution < 1.29 is 22.8 Å². The molecule has 0 spiro atoms. The average molecular weight is 343 g/mol. The molecule has 0 atom stereocenters. The Bertz CT molecular complexity index is 600. The van der Waals surface area contributed by atoms with Gasteiger partial charge in [-0.1, -0.05) is 12.1 Å². The van der Waals surface area contributed by atoms with Crippen LogP contribution < -0.4 is 10.6 Å². The zero-order valence-electron chi connectivity index (χ0n) is 13.3. The Labute approximate surface area is 138 Å². The number of benzene rings is 1. The molecular weight excluding hydrogens is 323 g/mol. The second-order valence-corrected chi connectivity index (χ2v) is 5.98. The molecule has 0 unspecified atom stereocenters. The van der Waals surface area contributed by atoms with Crippen LogP contribution in [0.2, 0.25) is 0 Å². The molecule has 1 fully saturated rings. The second-order valence-electron chi connectivity index (χ2n) is 5.98. The summed E-state index contributed by atoms with van der Waals surface area (Å²) in [5.74, 6) is -1.45. The average Bonchev–Trinajstić information content (AvgIpc) is 3.30. The summed E-state index contributed by atoms with van der Waals surface area (Å²) in [7, 11) is 1.09. The van der Waals surface area contributed by atoms with E-state index in [2.05, 4.69) is 10.6 Å². The van der Waals surface area contributed by atoms with Gasteiger partial charge in [0.15, 0.2) is 0 Å². The first-order valence-corrected chi connectivity index (χ1v) is 7.67. The molecule has 0 heterocycles. The molecule has 2 N–H and O–H groups in total. The zero-order chi connectivity index (χ0) is 17.7. The van der Waals surface area contributed by atoms with Crippen molar-refractivity contribution in [2.24, 2.45) is 5.92 Å². The lowest BCUT2D eigenvalue weighted by atomic mass is 10.2. The highest BCUT2D eigenvalue weighted by Crippen LogP contribution is 2.27. The van der Waals surface area contributed by atoms with Crippen LogP contribution in [0.3, 0.4) is 0 Å². The van der Waals surface area contributed by atoms with Gasteiger partial charge >= 0.3 is 12.1 Å². The Hall–Kier alpha value is -2.09. The molecule has 0 bridgehead atoms. The molecule has 1 aliphatic rings. The highest BCUT2D eigenvalue weighted by Gasteiger charge is 2.41. The maximum Gasteiger partial charge on any atom is 0.471 e. The minimum atomic E-state index is -4.90. The summed E-state index contributed by atoms with van der Waals surface area (Å²) < 4.78 is 37.1. The van der Waals surface area contributed by atoms with Crippen molar-refractivity contribution in [1.82, 2.24) is 10.2 Å². The van der Waals surface area contributed by atoms with Gasteiger partial charge in [0.2, 0.25) is 5.91 Å². The van der Waals surface area contributed by atoms with E-state index in [4.69, 9.17) is 0 Å². The van der Waals surface area contributed by atoms with Gasteiger partial charge in [-0.2, -0.15) is 13.2 Å². The SMILES string of the molecule is CN(Cc1cccc(NC(=O)CNCC2CC2)c1)C(=O)C(F)(F)F. The topological polar surface area (TPSA) is 61.4 Å². The first-order valence-electron chi connectivity index (χ1n) is 7.67. The van der Waals surface area contributed by atoms with Crippen LogP contribution in [0.1, 0.15) is 18.4 Å². The van der Waals surface area contributed by atoms with E-state index in [9.17, 15) is 22.8 Å². The fourth-order valence-electron chi connectivity index (χ4n) is 2.23. The monoisotopic (exact) mass is 343 g/mol. The standard InChI is InChI=1S/C16H20F3N3O2/c1-22(15(24)16(17,18)19)10-12-3-2-4-13(7-12)21-14(23)9-20-8-11-5-6-11/h2-4,7,11,20H,5-6,8-10H2,1H3,(H,21,23). The molecule has 1 aromatic carbocycles. The predicted octanol–water partition coefficient (Wildman–Crippen LogP) is 2.15. The highest BCUT2D eigenvalue weighted by atomic mass is 19.4. The van der Waals surface area contributed by atoms with Crippen LogP contribution in [-0.4, -0.2) is 43.0 Å². The number of hydrogen-bond acceptors (Lipinski definition) is 3. The summed E-state index contributed by atoms with van der Waals surface area (Å²) in [5.41, 5.74) is 0.984. The van der Waals surface area contributed by atoms with E-state index in [1.807, 2.05) is 0 Å². The zero-order valence-corrected chi connectivity index (χ0v) is 13.3. The summed E-state index contributed by atoms with van der Waals surface area (Å²) in [6.45, 7) is 0.812. The fourth-order valence-corrected chi connectivity index (χ4v) is 2.23. The number of nitrogens with one attached hydrogen (secondary N) is 2. The summed E-state index contributed by atoms with van der Waals surface area (Å²) in [6.07, 6.45) is -2.50. The van der Waals surface area contributed by atoms with E-state index >= 15 is 0 Å². The van der Waals surface area contributed by atoms with Crippen molar-refractivity contribution in [2.45, 2.75) is 25.6 Å². The molecule has 132 valence electrons. The van der Waals surface area contributed by atoms with Crippen molar-refractivity contribution in [3.05, 3.63) is 29.8 Å². The van der Waals surface area contributed by atoms with E-state index < -0.39 is 12.1 Å². The number of rotatable bonds is 7. The third kappa shape index (κ3) is 5.84. The molecule has 2 amide bonds. The largest absolute Gasteiger partial charge is 0.471 e. The number of amides is 2. The van der Waals surface area contributed by atoms with E-state index in [-0.39, 0.29) is 19.0 Å². The third-order valence-corrected chi connectivity index (χ3v) is 3.64. The van der Waals surface area contributed by atoms with Crippen LogP contribution in [0.5, 0.6) is 0 Å². The number of carbonyl (C=O) groups excluding carboxylic acids is 2. The van der Waals surface area contributed by atoms with Crippen molar-refractivity contribution in [3.8, 4) is 0 Å². The number of anilines is 1. The molecule has 5 nitrogen and oxygen atoms in total. The van der Waals surface area contributed by atoms with E-state index in [0.29, 0.717) is 22.1 Å². The third-order valence-electron chi connectivity index (χ3n) is 3.64. The normalized spacial score (nSPS) is 14.3. The number of halogens is 3. The Morgan fingerprint density at radius 2 is 2.00 bits per heavy atom. The minimum Gasteiger partial charge on any atom is -0.334 e. The van der Waals surface area contributed by atoms with Crippen LogP contribution in [0.4, 0.5) is 18.9 Å². The van der Waals surface area contributed by atoms with Gasteiger partial charge in [0, 0.05) is 19.3 Å².